The molecular weight excluding hydrogens is 428 g/mol. The highest BCUT2D eigenvalue weighted by Gasteiger charge is 2.19. The number of halogens is 1. The second kappa shape index (κ2) is 8.40. The van der Waals surface area contributed by atoms with Crippen molar-refractivity contribution >= 4 is 38.7 Å². The molecule has 0 unspecified atom stereocenters. The Kier molecular flexibility index (Phi) is 5.75. The van der Waals surface area contributed by atoms with E-state index in [1.54, 1.807) is 0 Å². The van der Waals surface area contributed by atoms with Crippen molar-refractivity contribution in [3.8, 4) is 0 Å². The van der Waals surface area contributed by atoms with Crippen LogP contribution in [0.4, 0.5) is 17.1 Å². The van der Waals surface area contributed by atoms with E-state index in [0.29, 0.717) is 5.71 Å². The van der Waals surface area contributed by atoms with Gasteiger partial charge in [0.1, 0.15) is 5.69 Å². The van der Waals surface area contributed by atoms with Crippen LogP contribution in [-0.2, 0) is 0 Å². The van der Waals surface area contributed by atoms with Gasteiger partial charge in [0.2, 0.25) is 0 Å². The van der Waals surface area contributed by atoms with Crippen LogP contribution in [0.3, 0.4) is 0 Å². The lowest BCUT2D eigenvalue weighted by Crippen LogP contribution is -2.07. The van der Waals surface area contributed by atoms with Crippen LogP contribution in [-0.4, -0.2) is 15.6 Å². The number of nitrogens with zero attached hydrogens (tertiary/aromatic N) is 3. The molecule has 3 rings (SSSR count). The summed E-state index contributed by atoms with van der Waals surface area (Å²) in [5.41, 5.74) is 4.12. The minimum absolute atomic E-state index is 0.0566. The Morgan fingerprint density at radius 2 is 1.50 bits per heavy atom. The lowest BCUT2D eigenvalue weighted by molar-refractivity contribution is -0.393. The summed E-state index contributed by atoms with van der Waals surface area (Å²) >= 11 is 3.38. The minimum atomic E-state index is -0.688. The molecule has 0 fully saturated rings. The molecule has 0 aliphatic carbocycles. The van der Waals surface area contributed by atoms with Gasteiger partial charge in [0.25, 0.3) is 5.69 Å². The van der Waals surface area contributed by atoms with Gasteiger partial charge in [-0.1, -0.05) is 58.4 Å². The monoisotopic (exact) mass is 440 g/mol. The average Bonchev–Trinajstić information content (AvgIpc) is 2.70. The molecule has 140 valence electrons. The van der Waals surface area contributed by atoms with Gasteiger partial charge in [-0.05, 0) is 18.2 Å². The second-order valence-corrected chi connectivity index (χ2v) is 6.58. The highest BCUT2D eigenvalue weighted by Crippen LogP contribution is 2.29. The van der Waals surface area contributed by atoms with Crippen LogP contribution in [0.15, 0.2) is 82.4 Å². The van der Waals surface area contributed by atoms with Gasteiger partial charge in [0.15, 0.2) is 0 Å². The number of non-ortho nitro benzene ring substituents is 1. The van der Waals surface area contributed by atoms with E-state index >= 15 is 0 Å². The molecule has 3 aromatic carbocycles. The molecule has 0 spiro atoms. The van der Waals surface area contributed by atoms with E-state index in [9.17, 15) is 20.2 Å². The summed E-state index contributed by atoms with van der Waals surface area (Å²) < 4.78 is 0.905. The third kappa shape index (κ3) is 4.38. The van der Waals surface area contributed by atoms with Crippen LogP contribution in [0, 0.1) is 20.2 Å². The van der Waals surface area contributed by atoms with Crippen LogP contribution < -0.4 is 5.43 Å². The van der Waals surface area contributed by atoms with Gasteiger partial charge >= 0.3 is 5.69 Å². The molecule has 0 aliphatic rings. The lowest BCUT2D eigenvalue weighted by atomic mass is 10.0. The number of hydrogen-bond acceptors (Lipinski definition) is 6. The van der Waals surface area contributed by atoms with Gasteiger partial charge < -0.3 is 0 Å². The lowest BCUT2D eigenvalue weighted by Gasteiger charge is -2.09. The normalized spacial score (nSPS) is 11.1. The predicted octanol–water partition coefficient (Wildman–Crippen LogP) is 5.13. The van der Waals surface area contributed by atoms with E-state index in [0.717, 1.165) is 21.7 Å². The smallest absolute Gasteiger partial charge is 0.271 e. The highest BCUT2D eigenvalue weighted by atomic mass is 79.9. The average molecular weight is 441 g/mol. The molecule has 0 atom stereocenters. The first-order chi connectivity index (χ1) is 13.5. The Bertz CT molecular complexity index is 1050. The zero-order valence-electron chi connectivity index (χ0n) is 14.3. The van der Waals surface area contributed by atoms with Gasteiger partial charge in [-0.15, -0.1) is 0 Å². The van der Waals surface area contributed by atoms with Crippen molar-refractivity contribution in [3.05, 3.63) is 109 Å². The Hall–Kier alpha value is -3.59. The fourth-order valence-electron chi connectivity index (χ4n) is 2.49. The molecule has 0 aliphatic heterocycles. The summed E-state index contributed by atoms with van der Waals surface area (Å²) in [4.78, 5) is 20.8. The zero-order chi connectivity index (χ0) is 20.1. The van der Waals surface area contributed by atoms with Gasteiger partial charge in [0, 0.05) is 21.7 Å². The number of nitro groups is 2. The summed E-state index contributed by atoms with van der Waals surface area (Å²) in [6.07, 6.45) is 0. The Morgan fingerprint density at radius 3 is 2.11 bits per heavy atom. The number of hydrogen-bond donors (Lipinski definition) is 1. The summed E-state index contributed by atoms with van der Waals surface area (Å²) in [5, 5.41) is 26.5. The molecule has 3 aromatic rings. The third-order valence-electron chi connectivity index (χ3n) is 3.84. The first-order valence-corrected chi connectivity index (χ1v) is 8.83. The van der Waals surface area contributed by atoms with Crippen molar-refractivity contribution in [2.75, 3.05) is 5.43 Å². The summed E-state index contributed by atoms with van der Waals surface area (Å²) in [6, 6.07) is 20.1. The van der Waals surface area contributed by atoms with E-state index in [2.05, 4.69) is 26.5 Å². The molecule has 0 amide bonds. The van der Waals surface area contributed by atoms with Gasteiger partial charge in [-0.3, -0.25) is 25.7 Å². The number of benzene rings is 3. The standard InChI is InChI=1S/C19H13BrN4O4/c20-15-8-6-14(7-9-15)19(13-4-2-1-3-5-13)22-21-17-11-10-16(23(25)26)12-18(17)24(27)28/h1-12,21H/b22-19-. The second-order valence-electron chi connectivity index (χ2n) is 5.66. The number of nitro benzene ring substituents is 2. The topological polar surface area (TPSA) is 111 Å². The van der Waals surface area contributed by atoms with Crippen LogP contribution in [0.2, 0.25) is 0 Å². The highest BCUT2D eigenvalue weighted by molar-refractivity contribution is 9.10. The van der Waals surface area contributed by atoms with Crippen molar-refractivity contribution in [2.45, 2.75) is 0 Å². The van der Waals surface area contributed by atoms with Crippen LogP contribution >= 0.6 is 15.9 Å². The molecule has 0 radical (unpaired) electrons. The number of rotatable bonds is 6. The molecule has 8 nitrogen and oxygen atoms in total. The zero-order valence-corrected chi connectivity index (χ0v) is 15.9. The molecule has 1 N–H and O–H groups in total. The first kappa shape index (κ1) is 19.2. The van der Waals surface area contributed by atoms with E-state index in [1.165, 1.54) is 12.1 Å². The van der Waals surface area contributed by atoms with Gasteiger partial charge in [0.05, 0.1) is 21.6 Å². The van der Waals surface area contributed by atoms with E-state index in [1.807, 2.05) is 54.6 Å². The number of hydrazone groups is 1. The fraction of sp³-hybridized carbons (Fsp3) is 0. The van der Waals surface area contributed by atoms with Crippen LogP contribution in [0.1, 0.15) is 11.1 Å². The molecule has 0 heterocycles. The van der Waals surface area contributed by atoms with Crippen LogP contribution in [0.25, 0.3) is 0 Å². The van der Waals surface area contributed by atoms with Crippen molar-refractivity contribution in [1.82, 2.24) is 0 Å². The Labute approximate surface area is 167 Å². The summed E-state index contributed by atoms with van der Waals surface area (Å²) in [6.45, 7) is 0. The van der Waals surface area contributed by atoms with Crippen LogP contribution in [0.5, 0.6) is 0 Å². The molecule has 28 heavy (non-hydrogen) atoms. The van der Waals surface area contributed by atoms with Gasteiger partial charge in [-0.2, -0.15) is 5.10 Å². The number of nitrogens with one attached hydrogen (secondary N) is 1. The Morgan fingerprint density at radius 1 is 0.857 bits per heavy atom. The third-order valence-corrected chi connectivity index (χ3v) is 4.37. The van der Waals surface area contributed by atoms with E-state index in [-0.39, 0.29) is 11.4 Å². The minimum Gasteiger partial charge on any atom is -0.271 e. The van der Waals surface area contributed by atoms with Crippen molar-refractivity contribution < 1.29 is 9.85 Å². The van der Waals surface area contributed by atoms with E-state index < -0.39 is 15.5 Å². The quantitative estimate of drug-likeness (QED) is 0.324. The van der Waals surface area contributed by atoms with Crippen molar-refractivity contribution in [1.29, 1.82) is 0 Å². The van der Waals surface area contributed by atoms with Crippen molar-refractivity contribution in [2.24, 2.45) is 5.10 Å². The maximum atomic E-state index is 11.3. The Balaban J connectivity index is 2.04. The molecule has 0 aromatic heterocycles. The SMILES string of the molecule is O=[N+]([O-])c1ccc(N/N=C(/c2ccccc2)c2ccc(Br)cc2)c([N+](=O)[O-])c1. The number of anilines is 1. The first-order valence-electron chi connectivity index (χ1n) is 8.03. The molecule has 0 saturated heterocycles. The maximum Gasteiger partial charge on any atom is 0.301 e. The largest absolute Gasteiger partial charge is 0.301 e. The fourth-order valence-corrected chi connectivity index (χ4v) is 2.76. The maximum absolute atomic E-state index is 11.3. The molecule has 0 bridgehead atoms. The van der Waals surface area contributed by atoms with E-state index in [4.69, 9.17) is 0 Å². The molecule has 0 saturated carbocycles. The summed E-state index contributed by atoms with van der Waals surface area (Å²) in [7, 11) is 0. The molecule has 9 heteroatoms. The van der Waals surface area contributed by atoms with Crippen molar-refractivity contribution in [3.63, 3.8) is 0 Å². The molecular formula is C19H13BrN4O4. The summed E-state index contributed by atoms with van der Waals surface area (Å²) in [5.74, 6) is 0. The predicted molar refractivity (Wildman–Crippen MR) is 110 cm³/mol. The van der Waals surface area contributed by atoms with Gasteiger partial charge in [-0.25, -0.2) is 0 Å².